The van der Waals surface area contributed by atoms with E-state index in [1.54, 1.807) is 20.8 Å². The maximum atomic E-state index is 11.8. The van der Waals surface area contributed by atoms with Crippen LogP contribution in [0.15, 0.2) is 0 Å². The minimum absolute atomic E-state index is 0.150. The second kappa shape index (κ2) is 6.89. The molecule has 110 valence electrons. The zero-order valence-corrected chi connectivity index (χ0v) is 12.1. The van der Waals surface area contributed by atoms with E-state index in [4.69, 9.17) is 9.84 Å². The van der Waals surface area contributed by atoms with Gasteiger partial charge in [-0.05, 0) is 31.1 Å². The zero-order valence-electron chi connectivity index (χ0n) is 12.1. The Bertz CT molecular complexity index is 316. The third kappa shape index (κ3) is 5.59. The first-order valence-electron chi connectivity index (χ1n) is 6.94. The Morgan fingerprint density at radius 2 is 2.05 bits per heavy atom. The molecule has 2 N–H and O–H groups in total. The molecule has 1 fully saturated rings. The number of aliphatic carboxylic acids is 1. The van der Waals surface area contributed by atoms with E-state index >= 15 is 0 Å². The maximum Gasteiger partial charge on any atom is 0.326 e. The fourth-order valence-electron chi connectivity index (χ4n) is 2.21. The van der Waals surface area contributed by atoms with Crippen molar-refractivity contribution in [1.82, 2.24) is 5.32 Å². The van der Waals surface area contributed by atoms with Crippen molar-refractivity contribution < 1.29 is 19.4 Å². The number of carbonyl (C=O) groups is 2. The van der Waals surface area contributed by atoms with E-state index < -0.39 is 17.4 Å². The van der Waals surface area contributed by atoms with Crippen molar-refractivity contribution in [3.63, 3.8) is 0 Å². The first kappa shape index (κ1) is 16.0. The van der Waals surface area contributed by atoms with Crippen LogP contribution in [-0.2, 0) is 14.3 Å². The van der Waals surface area contributed by atoms with Gasteiger partial charge >= 0.3 is 5.97 Å². The molecule has 1 rings (SSSR count). The van der Waals surface area contributed by atoms with E-state index in [-0.39, 0.29) is 12.0 Å². The summed E-state index contributed by atoms with van der Waals surface area (Å²) in [6.07, 6.45) is 4.37. The topological polar surface area (TPSA) is 75.6 Å². The molecule has 0 radical (unpaired) electrons. The van der Waals surface area contributed by atoms with Crippen molar-refractivity contribution in [2.45, 2.75) is 65.0 Å². The molecule has 0 aromatic rings. The summed E-state index contributed by atoms with van der Waals surface area (Å²) >= 11 is 0. The van der Waals surface area contributed by atoms with Gasteiger partial charge in [0.2, 0.25) is 5.91 Å². The number of amides is 1. The quantitative estimate of drug-likeness (QED) is 0.801. The average Bonchev–Trinajstić information content (AvgIpc) is 2.33. The smallest absolute Gasteiger partial charge is 0.326 e. The Balaban J connectivity index is 2.38. The predicted molar refractivity (Wildman–Crippen MR) is 71.8 cm³/mol. The second-order valence-electron chi connectivity index (χ2n) is 6.23. The summed E-state index contributed by atoms with van der Waals surface area (Å²) in [6, 6.07) is -0.854. The van der Waals surface area contributed by atoms with Gasteiger partial charge in [-0.1, -0.05) is 20.8 Å². The number of ether oxygens (including phenoxy) is 1. The van der Waals surface area contributed by atoms with Crippen LogP contribution in [-0.4, -0.2) is 35.7 Å². The van der Waals surface area contributed by atoms with Crippen LogP contribution >= 0.6 is 0 Å². The highest BCUT2D eigenvalue weighted by molar-refractivity contribution is 5.84. The van der Waals surface area contributed by atoms with E-state index in [0.29, 0.717) is 12.8 Å². The molecular formula is C14H25NO4. The van der Waals surface area contributed by atoms with E-state index in [9.17, 15) is 9.59 Å². The molecule has 0 spiro atoms. The molecule has 1 heterocycles. The molecule has 5 heteroatoms. The largest absolute Gasteiger partial charge is 0.480 e. The van der Waals surface area contributed by atoms with Crippen LogP contribution in [0.4, 0.5) is 0 Å². The van der Waals surface area contributed by atoms with Crippen molar-refractivity contribution in [2.75, 3.05) is 6.61 Å². The van der Waals surface area contributed by atoms with Gasteiger partial charge in [-0.25, -0.2) is 4.79 Å². The Kier molecular flexibility index (Phi) is 5.79. The van der Waals surface area contributed by atoms with Crippen LogP contribution in [0.2, 0.25) is 0 Å². The first-order chi connectivity index (χ1) is 8.80. The number of carbonyl (C=O) groups excluding carboxylic acids is 1. The van der Waals surface area contributed by atoms with Gasteiger partial charge in [-0.2, -0.15) is 0 Å². The van der Waals surface area contributed by atoms with E-state index in [1.807, 2.05) is 0 Å². The first-order valence-corrected chi connectivity index (χ1v) is 6.94. The summed E-state index contributed by atoms with van der Waals surface area (Å²) in [5, 5.41) is 11.7. The number of carboxylic acids is 1. The van der Waals surface area contributed by atoms with Crippen molar-refractivity contribution in [3.8, 4) is 0 Å². The number of rotatable bonds is 5. The van der Waals surface area contributed by atoms with Crippen molar-refractivity contribution >= 4 is 11.9 Å². The highest BCUT2D eigenvalue weighted by Gasteiger charge is 2.32. The highest BCUT2D eigenvalue weighted by Crippen LogP contribution is 2.20. The van der Waals surface area contributed by atoms with Gasteiger partial charge in [-0.15, -0.1) is 0 Å². The second-order valence-corrected chi connectivity index (χ2v) is 6.23. The van der Waals surface area contributed by atoms with Crippen molar-refractivity contribution in [2.24, 2.45) is 5.41 Å². The van der Waals surface area contributed by atoms with Crippen LogP contribution in [0.5, 0.6) is 0 Å². The van der Waals surface area contributed by atoms with Gasteiger partial charge in [0, 0.05) is 13.0 Å². The molecule has 2 atom stereocenters. The minimum atomic E-state index is -0.991. The molecule has 19 heavy (non-hydrogen) atoms. The maximum absolute atomic E-state index is 11.8. The molecule has 1 amide bonds. The lowest BCUT2D eigenvalue weighted by Gasteiger charge is -2.28. The van der Waals surface area contributed by atoms with Crippen molar-refractivity contribution in [3.05, 3.63) is 0 Å². The van der Waals surface area contributed by atoms with E-state index in [0.717, 1.165) is 25.9 Å². The predicted octanol–water partition coefficient (Wildman–Crippen LogP) is 1.95. The molecule has 1 saturated heterocycles. The Morgan fingerprint density at radius 3 is 2.53 bits per heavy atom. The van der Waals surface area contributed by atoms with Crippen LogP contribution < -0.4 is 5.32 Å². The Labute approximate surface area is 114 Å². The SMILES string of the molecule is CC(C)(C)[C@@H](NC(=O)CCC1CCCCO1)C(=O)O. The van der Waals surface area contributed by atoms with Gasteiger partial charge < -0.3 is 15.2 Å². The summed E-state index contributed by atoms with van der Waals surface area (Å²) < 4.78 is 5.55. The van der Waals surface area contributed by atoms with Crippen LogP contribution in [0.25, 0.3) is 0 Å². The number of nitrogens with one attached hydrogen (secondary N) is 1. The Hall–Kier alpha value is -1.10. The van der Waals surface area contributed by atoms with Crippen LogP contribution in [0, 0.1) is 5.41 Å². The zero-order chi connectivity index (χ0) is 14.5. The number of hydrogen-bond acceptors (Lipinski definition) is 3. The molecule has 5 nitrogen and oxygen atoms in total. The van der Waals surface area contributed by atoms with Crippen LogP contribution in [0.1, 0.15) is 52.9 Å². The third-order valence-corrected chi connectivity index (χ3v) is 3.39. The molecule has 0 aromatic heterocycles. The van der Waals surface area contributed by atoms with Gasteiger partial charge in [0.1, 0.15) is 6.04 Å². The summed E-state index contributed by atoms with van der Waals surface area (Å²) in [6.45, 7) is 6.18. The fourth-order valence-corrected chi connectivity index (χ4v) is 2.21. The minimum Gasteiger partial charge on any atom is -0.480 e. The van der Waals surface area contributed by atoms with Crippen molar-refractivity contribution in [1.29, 1.82) is 0 Å². The molecule has 0 bridgehead atoms. The lowest BCUT2D eigenvalue weighted by molar-refractivity contribution is -0.145. The summed E-state index contributed by atoms with van der Waals surface area (Å²) in [5.41, 5.74) is -0.497. The molecule has 1 aliphatic heterocycles. The fraction of sp³-hybridized carbons (Fsp3) is 0.857. The average molecular weight is 271 g/mol. The van der Waals surface area contributed by atoms with Gasteiger partial charge in [0.05, 0.1) is 6.10 Å². The lowest BCUT2D eigenvalue weighted by Crippen LogP contribution is -2.49. The molecule has 0 aliphatic carbocycles. The summed E-state index contributed by atoms with van der Waals surface area (Å²) in [5.74, 6) is -1.20. The van der Waals surface area contributed by atoms with Gasteiger partial charge in [0.25, 0.3) is 0 Å². The highest BCUT2D eigenvalue weighted by atomic mass is 16.5. The van der Waals surface area contributed by atoms with Gasteiger partial charge in [0.15, 0.2) is 0 Å². The van der Waals surface area contributed by atoms with Gasteiger partial charge in [-0.3, -0.25) is 4.79 Å². The molecular weight excluding hydrogens is 246 g/mol. The number of carboxylic acid groups (broad SMARTS) is 1. The lowest BCUT2D eigenvalue weighted by atomic mass is 9.86. The summed E-state index contributed by atoms with van der Waals surface area (Å²) in [7, 11) is 0. The molecule has 0 aromatic carbocycles. The Morgan fingerprint density at radius 1 is 1.37 bits per heavy atom. The van der Waals surface area contributed by atoms with E-state index in [2.05, 4.69) is 5.32 Å². The molecule has 1 unspecified atom stereocenters. The molecule has 1 aliphatic rings. The monoisotopic (exact) mass is 271 g/mol. The molecule has 0 saturated carbocycles. The third-order valence-electron chi connectivity index (χ3n) is 3.39. The van der Waals surface area contributed by atoms with E-state index in [1.165, 1.54) is 0 Å². The number of hydrogen-bond donors (Lipinski definition) is 2. The standard InChI is InChI=1S/C14H25NO4/c1-14(2,3)12(13(17)18)15-11(16)8-7-10-6-4-5-9-19-10/h10,12H,4-9H2,1-3H3,(H,15,16)(H,17,18)/t10?,12-/m0/s1. The summed E-state index contributed by atoms with van der Waals surface area (Å²) in [4.78, 5) is 23.0. The normalized spacial score (nSPS) is 21.7. The van der Waals surface area contributed by atoms with Crippen LogP contribution in [0.3, 0.4) is 0 Å².